The van der Waals surface area contributed by atoms with Crippen LogP contribution in [-0.4, -0.2) is 30.1 Å². The van der Waals surface area contributed by atoms with Gasteiger partial charge in [0.15, 0.2) is 0 Å². The second-order valence-corrected chi connectivity index (χ2v) is 6.61. The summed E-state index contributed by atoms with van der Waals surface area (Å²) in [6.45, 7) is 10.1. The molecule has 0 amide bonds. The monoisotopic (exact) mass is 240 g/mol. The molecule has 17 heavy (non-hydrogen) atoms. The molecule has 1 fully saturated rings. The van der Waals surface area contributed by atoms with E-state index in [1.165, 1.54) is 32.1 Å². The summed E-state index contributed by atoms with van der Waals surface area (Å²) in [4.78, 5) is 2.54. The molecule has 0 bridgehead atoms. The van der Waals surface area contributed by atoms with Gasteiger partial charge >= 0.3 is 0 Å². The topological polar surface area (TPSA) is 29.3 Å². The molecule has 1 aliphatic rings. The van der Waals surface area contributed by atoms with Crippen LogP contribution in [0.4, 0.5) is 0 Å². The van der Waals surface area contributed by atoms with Crippen molar-refractivity contribution in [3.63, 3.8) is 0 Å². The van der Waals surface area contributed by atoms with Crippen LogP contribution in [-0.2, 0) is 0 Å². The molecule has 1 rings (SSSR count). The zero-order valence-electron chi connectivity index (χ0n) is 12.5. The minimum absolute atomic E-state index is 0.269. The van der Waals surface area contributed by atoms with Gasteiger partial charge in [-0.05, 0) is 52.0 Å². The van der Waals surface area contributed by atoms with E-state index in [0.29, 0.717) is 6.04 Å². The Morgan fingerprint density at radius 2 is 2.00 bits per heavy atom. The summed E-state index contributed by atoms with van der Waals surface area (Å²) >= 11 is 0. The quantitative estimate of drug-likeness (QED) is 0.799. The van der Waals surface area contributed by atoms with Gasteiger partial charge in [0, 0.05) is 18.1 Å². The summed E-state index contributed by atoms with van der Waals surface area (Å²) < 4.78 is 0. The molecule has 2 nitrogen and oxygen atoms in total. The van der Waals surface area contributed by atoms with Crippen LogP contribution in [0, 0.1) is 11.8 Å². The van der Waals surface area contributed by atoms with Crippen molar-refractivity contribution in [1.29, 1.82) is 0 Å². The Bertz CT molecular complexity index is 225. The number of likely N-dealkylation sites (N-methyl/N-ethyl adjacent to an activating group) is 1. The molecule has 3 atom stereocenters. The predicted molar refractivity (Wildman–Crippen MR) is 76.1 cm³/mol. The maximum Gasteiger partial charge on any atom is 0.0248 e. The molecule has 1 saturated carbocycles. The minimum atomic E-state index is 0.269. The first-order chi connectivity index (χ1) is 7.92. The first-order valence-electron chi connectivity index (χ1n) is 7.35. The number of rotatable bonds is 5. The van der Waals surface area contributed by atoms with Crippen molar-refractivity contribution < 1.29 is 0 Å². The van der Waals surface area contributed by atoms with Crippen LogP contribution < -0.4 is 5.73 Å². The first kappa shape index (κ1) is 15.0. The number of nitrogens with zero attached hydrogens (tertiary/aromatic N) is 1. The SMILES string of the molecule is CCC(C)(C)N(C)C(CN)C1CCCC(C)C1. The van der Waals surface area contributed by atoms with Gasteiger partial charge < -0.3 is 5.73 Å². The molecule has 2 heteroatoms. The summed E-state index contributed by atoms with van der Waals surface area (Å²) in [5.74, 6) is 1.69. The average Bonchev–Trinajstić information content (AvgIpc) is 2.30. The normalized spacial score (nSPS) is 28.4. The van der Waals surface area contributed by atoms with Crippen molar-refractivity contribution in [1.82, 2.24) is 4.90 Å². The van der Waals surface area contributed by atoms with Gasteiger partial charge in [0.1, 0.15) is 0 Å². The second-order valence-electron chi connectivity index (χ2n) is 6.61. The molecule has 0 heterocycles. The molecule has 0 aromatic rings. The third-order valence-corrected chi connectivity index (χ3v) is 5.08. The number of hydrogen-bond donors (Lipinski definition) is 1. The van der Waals surface area contributed by atoms with E-state index in [9.17, 15) is 0 Å². The Kier molecular flexibility index (Phi) is 5.46. The molecule has 0 radical (unpaired) electrons. The second kappa shape index (κ2) is 6.19. The fourth-order valence-corrected chi connectivity index (χ4v) is 3.20. The zero-order valence-corrected chi connectivity index (χ0v) is 12.5. The van der Waals surface area contributed by atoms with E-state index < -0.39 is 0 Å². The highest BCUT2D eigenvalue weighted by atomic mass is 15.2. The Balaban J connectivity index is 2.69. The highest BCUT2D eigenvalue weighted by Crippen LogP contribution is 2.34. The number of nitrogens with two attached hydrogens (primary N) is 1. The molecule has 0 aromatic heterocycles. The van der Waals surface area contributed by atoms with Crippen molar-refractivity contribution in [3.05, 3.63) is 0 Å². The summed E-state index contributed by atoms with van der Waals surface area (Å²) in [5, 5.41) is 0. The molecular weight excluding hydrogens is 208 g/mol. The van der Waals surface area contributed by atoms with Crippen molar-refractivity contribution in [2.45, 2.75) is 71.4 Å². The zero-order chi connectivity index (χ0) is 13.1. The maximum absolute atomic E-state index is 6.06. The van der Waals surface area contributed by atoms with Crippen molar-refractivity contribution in [2.24, 2.45) is 17.6 Å². The van der Waals surface area contributed by atoms with Crippen molar-refractivity contribution in [2.75, 3.05) is 13.6 Å². The van der Waals surface area contributed by atoms with Crippen LogP contribution in [0.1, 0.15) is 59.8 Å². The van der Waals surface area contributed by atoms with Gasteiger partial charge in [-0.2, -0.15) is 0 Å². The summed E-state index contributed by atoms with van der Waals surface area (Å²) in [7, 11) is 2.26. The summed E-state index contributed by atoms with van der Waals surface area (Å²) in [6.07, 6.45) is 6.72. The van der Waals surface area contributed by atoms with Gasteiger partial charge in [0.05, 0.1) is 0 Å². The van der Waals surface area contributed by atoms with E-state index in [-0.39, 0.29) is 5.54 Å². The Hall–Kier alpha value is -0.0800. The third-order valence-electron chi connectivity index (χ3n) is 5.08. The molecule has 0 saturated heterocycles. The average molecular weight is 240 g/mol. The van der Waals surface area contributed by atoms with Crippen molar-refractivity contribution >= 4 is 0 Å². The first-order valence-corrected chi connectivity index (χ1v) is 7.35. The highest BCUT2D eigenvalue weighted by Gasteiger charge is 2.34. The van der Waals surface area contributed by atoms with Gasteiger partial charge in [0.2, 0.25) is 0 Å². The molecule has 0 spiro atoms. The molecular formula is C15H32N2. The lowest BCUT2D eigenvalue weighted by Crippen LogP contribution is -2.53. The molecule has 1 aliphatic carbocycles. The van der Waals surface area contributed by atoms with Gasteiger partial charge in [0.25, 0.3) is 0 Å². The van der Waals surface area contributed by atoms with E-state index in [4.69, 9.17) is 5.73 Å². The van der Waals surface area contributed by atoms with Crippen LogP contribution in [0.5, 0.6) is 0 Å². The smallest absolute Gasteiger partial charge is 0.0248 e. The van der Waals surface area contributed by atoms with Gasteiger partial charge in [-0.25, -0.2) is 0 Å². The predicted octanol–water partition coefficient (Wildman–Crippen LogP) is 3.26. The van der Waals surface area contributed by atoms with Crippen LogP contribution in [0.15, 0.2) is 0 Å². The van der Waals surface area contributed by atoms with E-state index in [0.717, 1.165) is 18.4 Å². The molecule has 0 aliphatic heterocycles. The Labute approximate surface area is 108 Å². The fraction of sp³-hybridized carbons (Fsp3) is 1.00. The van der Waals surface area contributed by atoms with E-state index in [2.05, 4.69) is 39.6 Å². The maximum atomic E-state index is 6.06. The largest absolute Gasteiger partial charge is 0.329 e. The molecule has 102 valence electrons. The lowest BCUT2D eigenvalue weighted by Gasteiger charge is -2.45. The Morgan fingerprint density at radius 1 is 1.35 bits per heavy atom. The molecule has 3 unspecified atom stereocenters. The van der Waals surface area contributed by atoms with E-state index in [1.54, 1.807) is 0 Å². The third kappa shape index (κ3) is 3.69. The summed E-state index contributed by atoms with van der Waals surface area (Å²) in [5.41, 5.74) is 6.33. The van der Waals surface area contributed by atoms with Crippen LogP contribution in [0.25, 0.3) is 0 Å². The van der Waals surface area contributed by atoms with Gasteiger partial charge in [-0.3, -0.25) is 4.90 Å². The van der Waals surface area contributed by atoms with Crippen LogP contribution in [0.2, 0.25) is 0 Å². The standard InChI is InChI=1S/C15H32N2/c1-6-15(3,4)17(5)14(11-16)13-9-7-8-12(2)10-13/h12-14H,6-11,16H2,1-5H3. The van der Waals surface area contributed by atoms with E-state index >= 15 is 0 Å². The van der Waals surface area contributed by atoms with Crippen LogP contribution >= 0.6 is 0 Å². The van der Waals surface area contributed by atoms with E-state index in [1.807, 2.05) is 0 Å². The lowest BCUT2D eigenvalue weighted by molar-refractivity contribution is 0.0476. The van der Waals surface area contributed by atoms with Gasteiger partial charge in [-0.1, -0.05) is 26.7 Å². The molecule has 2 N–H and O–H groups in total. The highest BCUT2D eigenvalue weighted by molar-refractivity contribution is 4.89. The fourth-order valence-electron chi connectivity index (χ4n) is 3.20. The number of hydrogen-bond acceptors (Lipinski definition) is 2. The minimum Gasteiger partial charge on any atom is -0.329 e. The van der Waals surface area contributed by atoms with Crippen LogP contribution in [0.3, 0.4) is 0 Å². The molecule has 0 aromatic carbocycles. The lowest BCUT2D eigenvalue weighted by atomic mass is 9.77. The Morgan fingerprint density at radius 3 is 2.47 bits per heavy atom. The van der Waals surface area contributed by atoms with Crippen molar-refractivity contribution in [3.8, 4) is 0 Å². The summed E-state index contributed by atoms with van der Waals surface area (Å²) in [6, 6.07) is 0.563. The van der Waals surface area contributed by atoms with Gasteiger partial charge in [-0.15, -0.1) is 0 Å².